The number of esters is 1. The molecule has 0 fully saturated rings. The molecule has 5 N–H and O–H groups in total. The highest BCUT2D eigenvalue weighted by Crippen LogP contribution is 2.24. The summed E-state index contributed by atoms with van der Waals surface area (Å²) in [5, 5.41) is 14.9. The molecule has 1 aromatic rings. The van der Waals surface area contributed by atoms with Gasteiger partial charge in [-0.15, -0.1) is 0 Å². The largest absolute Gasteiger partial charge is 0.466 e. The highest BCUT2D eigenvalue weighted by atomic mass is 16.6. The lowest BCUT2D eigenvalue weighted by Gasteiger charge is -2.34. The van der Waals surface area contributed by atoms with E-state index in [1.807, 2.05) is 0 Å². The Morgan fingerprint density at radius 3 is 2.44 bits per heavy atom. The number of nitrogens with one attached hydrogen (secondary N) is 2. The lowest BCUT2D eigenvalue weighted by Crippen LogP contribution is -2.54. The fraction of sp³-hybridized carbons (Fsp3) is 0.519. The number of hydrogen-bond donors (Lipinski definition) is 4. The predicted octanol–water partition coefficient (Wildman–Crippen LogP) is 1.42. The summed E-state index contributed by atoms with van der Waals surface area (Å²) in [5.74, 6) is -2.57. The number of nitrogens with zero attached hydrogens (tertiary/aromatic N) is 1. The summed E-state index contributed by atoms with van der Waals surface area (Å²) in [4.78, 5) is 64.1. The number of benzene rings is 1. The van der Waals surface area contributed by atoms with Crippen molar-refractivity contribution in [3.05, 3.63) is 42.0 Å². The first-order valence-corrected chi connectivity index (χ1v) is 12.7. The van der Waals surface area contributed by atoms with Gasteiger partial charge >= 0.3 is 12.1 Å². The van der Waals surface area contributed by atoms with E-state index in [-0.39, 0.29) is 39.0 Å². The summed E-state index contributed by atoms with van der Waals surface area (Å²) in [5.41, 5.74) is 5.49. The third-order valence-electron chi connectivity index (χ3n) is 5.25. The summed E-state index contributed by atoms with van der Waals surface area (Å²) in [7, 11) is 0. The molecule has 39 heavy (non-hydrogen) atoms. The number of aliphatic hydroxyl groups excluding tert-OH is 1. The van der Waals surface area contributed by atoms with Crippen molar-refractivity contribution in [3.63, 3.8) is 0 Å². The number of carbonyl (C=O) groups excluding carboxylic acids is 5. The van der Waals surface area contributed by atoms with Gasteiger partial charge in [0.25, 0.3) is 0 Å². The van der Waals surface area contributed by atoms with Crippen LogP contribution in [0.3, 0.4) is 0 Å². The van der Waals surface area contributed by atoms with E-state index in [0.717, 1.165) is 4.90 Å². The van der Waals surface area contributed by atoms with Gasteiger partial charge in [-0.1, -0.05) is 30.9 Å². The van der Waals surface area contributed by atoms with E-state index in [2.05, 4.69) is 17.2 Å². The molecule has 216 valence electrons. The first-order chi connectivity index (χ1) is 18.3. The van der Waals surface area contributed by atoms with Gasteiger partial charge in [-0.3, -0.25) is 19.2 Å². The fourth-order valence-corrected chi connectivity index (χ4v) is 3.61. The summed E-state index contributed by atoms with van der Waals surface area (Å²) in [6.45, 7) is 9.69. The minimum absolute atomic E-state index is 0.0578. The molecule has 2 unspecified atom stereocenters. The number of nitrogens with two attached hydrogens (primary N) is 1. The quantitative estimate of drug-likeness (QED) is 0.238. The van der Waals surface area contributed by atoms with Gasteiger partial charge in [0.2, 0.25) is 17.7 Å². The molecule has 2 atom stereocenters. The van der Waals surface area contributed by atoms with Crippen molar-refractivity contribution >= 4 is 35.9 Å². The third-order valence-corrected chi connectivity index (χ3v) is 5.25. The molecule has 0 radical (unpaired) electrons. The Morgan fingerprint density at radius 1 is 1.18 bits per heavy atom. The maximum absolute atomic E-state index is 13.8. The highest BCUT2D eigenvalue weighted by Gasteiger charge is 2.36. The molecular weight excluding hydrogens is 508 g/mol. The Labute approximate surface area is 228 Å². The predicted molar refractivity (Wildman–Crippen MR) is 144 cm³/mol. The second-order valence-corrected chi connectivity index (χ2v) is 9.58. The molecule has 0 spiro atoms. The number of rotatable bonds is 15. The first-order valence-electron chi connectivity index (χ1n) is 12.7. The maximum Gasteiger partial charge on any atom is 0.408 e. The minimum atomic E-state index is -1.30. The molecule has 0 saturated carbocycles. The van der Waals surface area contributed by atoms with E-state index in [4.69, 9.17) is 15.2 Å². The van der Waals surface area contributed by atoms with Crippen LogP contribution in [0.5, 0.6) is 0 Å². The summed E-state index contributed by atoms with van der Waals surface area (Å²) in [6, 6.07) is 4.15. The van der Waals surface area contributed by atoms with Gasteiger partial charge in [-0.05, 0) is 51.3 Å². The number of alkyl carbamates (subject to hydrolysis) is 1. The molecule has 1 aromatic carbocycles. The Bertz CT molecular complexity index is 1020. The number of carbonyl (C=O) groups is 5. The van der Waals surface area contributed by atoms with Gasteiger partial charge in [-0.25, -0.2) is 4.79 Å². The van der Waals surface area contributed by atoms with Crippen LogP contribution in [0.15, 0.2) is 30.8 Å². The zero-order chi connectivity index (χ0) is 29.6. The highest BCUT2D eigenvalue weighted by molar-refractivity contribution is 5.92. The molecule has 12 heteroatoms. The standard InChI is InChI=1S/C27H40N4O8/c1-6-18-9-8-10-19(17-18)23(24(35)29-14-13-22(34)38-7-2)31(15-16-32)25(36)20(11-12-21(28)33)30-26(37)39-27(3,4)5/h6,8-10,17,20,23,32H,1,7,11-16H2,2-5H3,(H2,28,33)(H,29,35)(H,30,37). The minimum Gasteiger partial charge on any atom is -0.466 e. The van der Waals surface area contributed by atoms with Crippen LogP contribution in [0, 0.1) is 0 Å². The van der Waals surface area contributed by atoms with Crippen molar-refractivity contribution in [1.82, 2.24) is 15.5 Å². The Kier molecular flexibility index (Phi) is 13.7. The van der Waals surface area contributed by atoms with E-state index >= 15 is 0 Å². The van der Waals surface area contributed by atoms with Gasteiger partial charge in [0.05, 0.1) is 19.6 Å². The number of amides is 4. The first kappa shape index (κ1) is 33.1. The van der Waals surface area contributed by atoms with E-state index < -0.39 is 54.1 Å². The van der Waals surface area contributed by atoms with Crippen LogP contribution in [-0.2, 0) is 28.7 Å². The molecular formula is C27H40N4O8. The second-order valence-electron chi connectivity index (χ2n) is 9.58. The SMILES string of the molecule is C=Cc1cccc(C(C(=O)NCCC(=O)OCC)N(CCO)C(=O)C(CCC(N)=O)NC(=O)OC(C)(C)C)c1. The smallest absolute Gasteiger partial charge is 0.408 e. The summed E-state index contributed by atoms with van der Waals surface area (Å²) >= 11 is 0. The lowest BCUT2D eigenvalue weighted by atomic mass is 9.99. The molecule has 0 aliphatic rings. The zero-order valence-electron chi connectivity index (χ0n) is 23.0. The maximum atomic E-state index is 13.8. The third kappa shape index (κ3) is 12.0. The van der Waals surface area contributed by atoms with Crippen LogP contribution in [0.4, 0.5) is 4.79 Å². The molecule has 0 aliphatic carbocycles. The fourth-order valence-electron chi connectivity index (χ4n) is 3.61. The van der Waals surface area contributed by atoms with Gasteiger partial charge in [0, 0.05) is 19.5 Å². The molecule has 0 saturated heterocycles. The lowest BCUT2D eigenvalue weighted by molar-refractivity contribution is -0.144. The molecule has 4 amide bonds. The van der Waals surface area contributed by atoms with E-state index in [0.29, 0.717) is 11.1 Å². The van der Waals surface area contributed by atoms with Crippen molar-refractivity contribution in [1.29, 1.82) is 0 Å². The van der Waals surface area contributed by atoms with Gasteiger partial charge in [-0.2, -0.15) is 0 Å². The van der Waals surface area contributed by atoms with Crippen LogP contribution in [0.25, 0.3) is 6.08 Å². The monoisotopic (exact) mass is 548 g/mol. The van der Waals surface area contributed by atoms with Crippen molar-refractivity contribution in [2.24, 2.45) is 5.73 Å². The zero-order valence-corrected chi connectivity index (χ0v) is 23.0. The van der Waals surface area contributed by atoms with Gasteiger partial charge < -0.3 is 35.8 Å². The van der Waals surface area contributed by atoms with Crippen molar-refractivity contribution in [2.75, 3.05) is 26.3 Å². The van der Waals surface area contributed by atoms with Crippen LogP contribution in [0.2, 0.25) is 0 Å². The molecule has 1 rings (SSSR count). The summed E-state index contributed by atoms with van der Waals surface area (Å²) < 4.78 is 10.1. The van der Waals surface area contributed by atoms with Crippen molar-refractivity contribution < 1.29 is 38.6 Å². The van der Waals surface area contributed by atoms with E-state index in [1.54, 1.807) is 58.0 Å². The molecule has 0 aliphatic heterocycles. The van der Waals surface area contributed by atoms with Crippen LogP contribution in [-0.4, -0.2) is 77.7 Å². The topological polar surface area (TPSA) is 177 Å². The van der Waals surface area contributed by atoms with Gasteiger partial charge in [0.15, 0.2) is 0 Å². The Balaban J connectivity index is 3.42. The van der Waals surface area contributed by atoms with Crippen LogP contribution < -0.4 is 16.4 Å². The van der Waals surface area contributed by atoms with E-state index in [1.165, 1.54) is 0 Å². The van der Waals surface area contributed by atoms with Crippen molar-refractivity contribution in [3.8, 4) is 0 Å². The normalized spacial score (nSPS) is 12.4. The average Bonchev–Trinajstić information content (AvgIpc) is 2.85. The second kappa shape index (κ2) is 16.1. The number of primary amides is 1. The Morgan fingerprint density at radius 2 is 1.87 bits per heavy atom. The molecule has 0 aromatic heterocycles. The molecule has 0 heterocycles. The summed E-state index contributed by atoms with van der Waals surface area (Å²) in [6.07, 6.45) is 0.171. The molecule has 12 nitrogen and oxygen atoms in total. The number of hydrogen-bond acceptors (Lipinski definition) is 8. The average molecular weight is 549 g/mol. The van der Waals surface area contributed by atoms with Crippen molar-refractivity contribution in [2.45, 2.75) is 64.6 Å². The molecule has 0 bridgehead atoms. The van der Waals surface area contributed by atoms with Gasteiger partial charge in [0.1, 0.15) is 17.7 Å². The number of ether oxygens (including phenoxy) is 2. The number of aliphatic hydroxyl groups is 1. The van der Waals surface area contributed by atoms with E-state index in [9.17, 15) is 29.1 Å². The Hall–Kier alpha value is -3.93. The van der Waals surface area contributed by atoms with Crippen LogP contribution >= 0.6 is 0 Å². The van der Waals surface area contributed by atoms with Crippen LogP contribution in [0.1, 0.15) is 64.1 Å².